The quantitative estimate of drug-likeness (QED) is 0.671. The lowest BCUT2D eigenvalue weighted by atomic mass is 10.2. The Hall–Kier alpha value is -0.560. The summed E-state index contributed by atoms with van der Waals surface area (Å²) in [5.41, 5.74) is 1.06. The van der Waals surface area contributed by atoms with Crippen LogP contribution in [0, 0.1) is 6.92 Å². The van der Waals surface area contributed by atoms with Crippen molar-refractivity contribution in [1.29, 1.82) is 0 Å². The normalized spacial score (nSPS) is 13.7. The summed E-state index contributed by atoms with van der Waals surface area (Å²) in [5.74, 6) is 0. The zero-order chi connectivity index (χ0) is 11.1. The Morgan fingerprint density at radius 1 is 1.07 bits per heavy atom. The predicted molar refractivity (Wildman–Crippen MR) is 53.2 cm³/mol. The molecule has 0 aliphatic carbocycles. The highest BCUT2D eigenvalue weighted by Crippen LogP contribution is 2.05. The third kappa shape index (κ3) is 6.90. The van der Waals surface area contributed by atoms with Crippen LogP contribution in [0.5, 0.6) is 0 Å². The van der Waals surface area contributed by atoms with Crippen molar-refractivity contribution in [3.8, 4) is 0 Å². The molecule has 0 aromatic heterocycles. The molecule has 0 bridgehead atoms. The second-order valence-corrected chi connectivity index (χ2v) is 4.19. The molecular weight excluding hydrogens is 224 g/mol. The van der Waals surface area contributed by atoms with Gasteiger partial charge >= 0.3 is 0 Å². The van der Waals surface area contributed by atoms with Crippen molar-refractivity contribution >= 4 is 22.2 Å². The first-order valence-corrected chi connectivity index (χ1v) is 6.16. The van der Waals surface area contributed by atoms with E-state index in [-0.39, 0.29) is 0 Å². The van der Waals surface area contributed by atoms with Gasteiger partial charge < -0.3 is 9.11 Å². The number of hydrogen-bond acceptors (Lipinski definition) is 4. The second kappa shape index (κ2) is 6.83. The fourth-order valence-electron chi connectivity index (χ4n) is 0.649. The van der Waals surface area contributed by atoms with Crippen molar-refractivity contribution in [2.24, 2.45) is 0 Å². The minimum atomic E-state index is -2.09. The Kier molecular flexibility index (Phi) is 6.56. The fourth-order valence-corrected chi connectivity index (χ4v) is 1.01. The van der Waals surface area contributed by atoms with Crippen molar-refractivity contribution in [1.82, 2.24) is 0 Å². The van der Waals surface area contributed by atoms with E-state index in [1.54, 1.807) is 24.3 Å². The van der Waals surface area contributed by atoms with Crippen LogP contribution in [0.25, 0.3) is 0 Å². The maximum absolute atomic E-state index is 10.3. The molecule has 0 amide bonds. The van der Waals surface area contributed by atoms with Crippen LogP contribution in [0.4, 0.5) is 0 Å². The zero-order valence-electron chi connectivity index (χ0n) is 7.76. The molecule has 4 nitrogen and oxygen atoms in total. The lowest BCUT2D eigenvalue weighted by Gasteiger charge is -2.03. The number of rotatable bonds is 1. The molecule has 2 atom stereocenters. The Morgan fingerprint density at radius 2 is 1.43 bits per heavy atom. The Bertz CT molecular complexity index is 317. The van der Waals surface area contributed by atoms with Gasteiger partial charge in [-0.2, -0.15) is 0 Å². The average Bonchev–Trinajstić information content (AvgIpc) is 2.03. The maximum Gasteiger partial charge on any atom is 0.0248 e. The summed E-state index contributed by atoms with van der Waals surface area (Å²) in [6.07, 6.45) is 1.08. The molecule has 80 valence electrons. The van der Waals surface area contributed by atoms with Gasteiger partial charge in [-0.25, -0.2) is 0 Å². The molecule has 14 heavy (non-hydrogen) atoms. The molecule has 0 aliphatic heterocycles. The Morgan fingerprint density at radius 3 is 1.71 bits per heavy atom. The summed E-state index contributed by atoms with van der Waals surface area (Å²) >= 11 is -3.95. The SMILES string of the molecule is CS(=O)[O-].Cc1ccc(S(=O)[O-])cc1. The summed E-state index contributed by atoms with van der Waals surface area (Å²) in [7, 11) is 0. The minimum absolute atomic E-state index is 0.339. The van der Waals surface area contributed by atoms with E-state index in [9.17, 15) is 8.76 Å². The van der Waals surface area contributed by atoms with Gasteiger partial charge in [-0.15, -0.1) is 0 Å². The van der Waals surface area contributed by atoms with Gasteiger partial charge in [0.25, 0.3) is 0 Å². The van der Waals surface area contributed by atoms with Crippen LogP contribution < -0.4 is 0 Å². The molecule has 1 rings (SSSR count). The monoisotopic (exact) mass is 234 g/mol. The lowest BCUT2D eigenvalue weighted by molar-refractivity contribution is 0.536. The molecule has 6 heteroatoms. The number of hydrogen-bond donors (Lipinski definition) is 0. The van der Waals surface area contributed by atoms with Crippen LogP contribution >= 0.6 is 0 Å². The fraction of sp³-hybridized carbons (Fsp3) is 0.250. The highest BCUT2D eigenvalue weighted by molar-refractivity contribution is 7.79. The van der Waals surface area contributed by atoms with Gasteiger partial charge in [-0.1, -0.05) is 28.8 Å². The minimum Gasteiger partial charge on any atom is -0.773 e. The van der Waals surface area contributed by atoms with Crippen LogP contribution in [0.3, 0.4) is 0 Å². The molecule has 0 radical (unpaired) electrons. The van der Waals surface area contributed by atoms with E-state index in [2.05, 4.69) is 0 Å². The van der Waals surface area contributed by atoms with E-state index in [4.69, 9.17) is 8.76 Å². The van der Waals surface area contributed by atoms with Gasteiger partial charge in [-0.05, 0) is 36.4 Å². The van der Waals surface area contributed by atoms with Crippen molar-refractivity contribution in [3.05, 3.63) is 29.8 Å². The molecular formula is C8H10O4S2-2. The van der Waals surface area contributed by atoms with E-state index in [0.717, 1.165) is 11.8 Å². The highest BCUT2D eigenvalue weighted by Gasteiger charge is 1.88. The van der Waals surface area contributed by atoms with Gasteiger partial charge in [-0.3, -0.25) is 8.42 Å². The highest BCUT2D eigenvalue weighted by atomic mass is 32.2. The van der Waals surface area contributed by atoms with Gasteiger partial charge in [0, 0.05) is 4.90 Å². The van der Waals surface area contributed by atoms with Crippen molar-refractivity contribution in [3.63, 3.8) is 0 Å². The van der Waals surface area contributed by atoms with Crippen LogP contribution in [0.15, 0.2) is 29.2 Å². The molecule has 1 aromatic rings. The third-order valence-electron chi connectivity index (χ3n) is 1.21. The van der Waals surface area contributed by atoms with Crippen molar-refractivity contribution < 1.29 is 17.5 Å². The molecule has 2 unspecified atom stereocenters. The first kappa shape index (κ1) is 13.4. The molecule has 0 N–H and O–H groups in total. The van der Waals surface area contributed by atoms with Gasteiger partial charge in [0.2, 0.25) is 0 Å². The molecule has 0 heterocycles. The first-order valence-electron chi connectivity index (χ1n) is 3.60. The third-order valence-corrected chi connectivity index (χ3v) is 1.87. The first-order chi connectivity index (χ1) is 6.43. The topological polar surface area (TPSA) is 80.3 Å². The lowest BCUT2D eigenvalue weighted by Crippen LogP contribution is -1.87. The molecule has 0 fully saturated rings. The van der Waals surface area contributed by atoms with Crippen molar-refractivity contribution in [2.45, 2.75) is 11.8 Å². The van der Waals surface area contributed by atoms with Crippen LogP contribution in [0.1, 0.15) is 5.56 Å². The zero-order valence-corrected chi connectivity index (χ0v) is 9.39. The van der Waals surface area contributed by atoms with E-state index >= 15 is 0 Å². The van der Waals surface area contributed by atoms with Gasteiger partial charge in [0.1, 0.15) is 0 Å². The van der Waals surface area contributed by atoms with Crippen LogP contribution in [0.2, 0.25) is 0 Å². The number of benzene rings is 1. The summed E-state index contributed by atoms with van der Waals surface area (Å²) < 4.78 is 38.6. The van der Waals surface area contributed by atoms with Crippen LogP contribution in [-0.4, -0.2) is 23.8 Å². The average molecular weight is 234 g/mol. The summed E-state index contributed by atoms with van der Waals surface area (Å²) in [6.45, 7) is 1.91. The summed E-state index contributed by atoms with van der Waals surface area (Å²) in [6, 6.07) is 6.70. The van der Waals surface area contributed by atoms with E-state index in [1.165, 1.54) is 0 Å². The standard InChI is InChI=1S/C7H8O2S.CH4O2S/c1-6-2-4-7(5-3-6)10(8)9;1-4(2)3/h2-5H,1H3,(H,8,9);1H3,(H,2,3)/p-2. The van der Waals surface area contributed by atoms with E-state index in [1.807, 2.05) is 6.92 Å². The molecule has 0 saturated carbocycles. The number of aryl methyl sites for hydroxylation is 1. The second-order valence-electron chi connectivity index (χ2n) is 2.45. The van der Waals surface area contributed by atoms with Gasteiger partial charge in [0.05, 0.1) is 0 Å². The summed E-state index contributed by atoms with van der Waals surface area (Å²) in [4.78, 5) is 0.339. The molecule has 0 aliphatic rings. The van der Waals surface area contributed by atoms with E-state index < -0.39 is 22.2 Å². The van der Waals surface area contributed by atoms with Crippen LogP contribution in [-0.2, 0) is 22.2 Å². The largest absolute Gasteiger partial charge is 0.773 e. The van der Waals surface area contributed by atoms with E-state index in [0.29, 0.717) is 4.90 Å². The summed E-state index contributed by atoms with van der Waals surface area (Å²) in [5, 5.41) is 0. The molecule has 0 saturated heterocycles. The maximum atomic E-state index is 10.3. The Labute approximate surface area is 87.9 Å². The Balaban J connectivity index is 0.000000364. The predicted octanol–water partition coefficient (Wildman–Crippen LogP) is 0.728. The molecule has 0 spiro atoms. The van der Waals surface area contributed by atoms with Crippen molar-refractivity contribution in [2.75, 3.05) is 6.26 Å². The smallest absolute Gasteiger partial charge is 0.0248 e. The van der Waals surface area contributed by atoms with Gasteiger partial charge in [0.15, 0.2) is 0 Å². The molecule has 1 aromatic carbocycles.